The van der Waals surface area contributed by atoms with Crippen LogP contribution in [0.3, 0.4) is 0 Å². The van der Waals surface area contributed by atoms with Crippen molar-refractivity contribution in [2.45, 2.75) is 20.0 Å². The van der Waals surface area contributed by atoms with Crippen molar-refractivity contribution in [2.75, 3.05) is 7.11 Å². The molecule has 3 rings (SSSR count). The number of ether oxygens (including phenoxy) is 1. The summed E-state index contributed by atoms with van der Waals surface area (Å²) in [6.45, 7) is 2.90. The molecule has 0 aliphatic heterocycles. The lowest BCUT2D eigenvalue weighted by Gasteiger charge is -2.09. The molecule has 0 spiro atoms. The van der Waals surface area contributed by atoms with Crippen LogP contribution >= 0.6 is 0 Å². The molecule has 1 N–H and O–H groups in total. The second kappa shape index (κ2) is 7.82. The van der Waals surface area contributed by atoms with E-state index in [9.17, 15) is 9.18 Å². The van der Waals surface area contributed by atoms with Gasteiger partial charge in [0.25, 0.3) is 5.91 Å². The molecule has 0 unspecified atom stereocenters. The van der Waals surface area contributed by atoms with Gasteiger partial charge in [-0.2, -0.15) is 5.10 Å². The Morgan fingerprint density at radius 2 is 1.92 bits per heavy atom. The minimum absolute atomic E-state index is 0.280. The molecule has 5 nitrogen and oxygen atoms in total. The number of nitrogens with one attached hydrogen (secondary N) is 1. The zero-order chi connectivity index (χ0) is 18.5. The van der Waals surface area contributed by atoms with Crippen LogP contribution in [0.15, 0.2) is 54.6 Å². The number of nitrogens with zero attached hydrogens (tertiary/aromatic N) is 2. The zero-order valence-electron chi connectivity index (χ0n) is 14.7. The van der Waals surface area contributed by atoms with Gasteiger partial charge in [0.15, 0.2) is 5.69 Å². The molecule has 3 aromatic rings. The Morgan fingerprint density at radius 1 is 1.19 bits per heavy atom. The largest absolute Gasteiger partial charge is 0.496 e. The summed E-state index contributed by atoms with van der Waals surface area (Å²) in [6.07, 6.45) is 0. The molecule has 0 radical (unpaired) electrons. The van der Waals surface area contributed by atoms with Crippen molar-refractivity contribution in [1.82, 2.24) is 15.1 Å². The van der Waals surface area contributed by atoms with Crippen LogP contribution in [0.25, 0.3) is 11.3 Å². The van der Waals surface area contributed by atoms with Crippen LogP contribution < -0.4 is 10.1 Å². The Hall–Kier alpha value is -3.15. The maximum absolute atomic E-state index is 12.9. The first-order valence-electron chi connectivity index (χ1n) is 8.36. The van der Waals surface area contributed by atoms with Gasteiger partial charge in [-0.15, -0.1) is 0 Å². The molecule has 0 fully saturated rings. The standard InChI is InChI=1S/C20H20FN3O2/c1-3-24-18(16-6-4-5-7-19(16)26-2)12-17(23-24)20(25)22-13-14-8-10-15(21)11-9-14/h4-12H,3,13H2,1-2H3,(H,22,25). The number of aryl methyl sites for hydroxylation is 1. The molecule has 1 aromatic heterocycles. The van der Waals surface area contributed by atoms with Crippen LogP contribution in [0, 0.1) is 5.82 Å². The fourth-order valence-electron chi connectivity index (χ4n) is 2.72. The van der Waals surface area contributed by atoms with Crippen molar-refractivity contribution in [2.24, 2.45) is 0 Å². The van der Waals surface area contributed by atoms with Crippen molar-refractivity contribution in [1.29, 1.82) is 0 Å². The molecule has 6 heteroatoms. The Morgan fingerprint density at radius 3 is 2.62 bits per heavy atom. The number of hydrogen-bond acceptors (Lipinski definition) is 3. The summed E-state index contributed by atoms with van der Waals surface area (Å²) in [4.78, 5) is 12.5. The predicted molar refractivity (Wildman–Crippen MR) is 97.5 cm³/mol. The van der Waals surface area contributed by atoms with Crippen LogP contribution in [0.1, 0.15) is 23.0 Å². The van der Waals surface area contributed by atoms with Crippen LogP contribution in [0.5, 0.6) is 5.75 Å². The number of rotatable bonds is 6. The number of para-hydroxylation sites is 1. The highest BCUT2D eigenvalue weighted by Gasteiger charge is 2.17. The third-order valence-corrected chi connectivity index (χ3v) is 4.06. The number of hydrogen-bond donors (Lipinski definition) is 1. The molecule has 0 aliphatic carbocycles. The molecular weight excluding hydrogens is 333 g/mol. The highest BCUT2D eigenvalue weighted by molar-refractivity contribution is 5.93. The van der Waals surface area contributed by atoms with Crippen molar-refractivity contribution >= 4 is 5.91 Å². The Labute approximate surface area is 151 Å². The van der Waals surface area contributed by atoms with E-state index in [0.717, 1.165) is 22.6 Å². The predicted octanol–water partition coefficient (Wildman–Crippen LogP) is 3.65. The van der Waals surface area contributed by atoms with E-state index in [-0.39, 0.29) is 11.7 Å². The molecule has 1 amide bonds. The molecular formula is C20H20FN3O2. The lowest BCUT2D eigenvalue weighted by Crippen LogP contribution is -2.23. The molecule has 0 aliphatic rings. The van der Waals surface area contributed by atoms with Crippen molar-refractivity contribution in [3.8, 4) is 17.0 Å². The average molecular weight is 353 g/mol. The first-order valence-corrected chi connectivity index (χ1v) is 8.36. The third kappa shape index (κ3) is 3.74. The third-order valence-electron chi connectivity index (χ3n) is 4.06. The van der Waals surface area contributed by atoms with Crippen molar-refractivity contribution in [3.05, 3.63) is 71.7 Å². The maximum Gasteiger partial charge on any atom is 0.272 e. The lowest BCUT2D eigenvalue weighted by atomic mass is 10.1. The van der Waals surface area contributed by atoms with E-state index in [2.05, 4.69) is 10.4 Å². The second-order valence-corrected chi connectivity index (χ2v) is 5.74. The van der Waals surface area contributed by atoms with E-state index in [0.29, 0.717) is 18.8 Å². The molecule has 0 saturated carbocycles. The summed E-state index contributed by atoms with van der Waals surface area (Å²) in [7, 11) is 1.61. The van der Waals surface area contributed by atoms with Gasteiger partial charge in [0.05, 0.1) is 12.8 Å². The number of carbonyl (C=O) groups excluding carboxylic acids is 1. The smallest absolute Gasteiger partial charge is 0.272 e. The van der Waals surface area contributed by atoms with Crippen LogP contribution in [0.2, 0.25) is 0 Å². The van der Waals surface area contributed by atoms with Gasteiger partial charge in [-0.05, 0) is 42.8 Å². The van der Waals surface area contributed by atoms with Gasteiger partial charge in [-0.3, -0.25) is 9.48 Å². The van der Waals surface area contributed by atoms with E-state index in [1.54, 1.807) is 30.0 Å². The Kier molecular flexibility index (Phi) is 5.31. The van der Waals surface area contributed by atoms with Crippen LogP contribution in [-0.2, 0) is 13.1 Å². The quantitative estimate of drug-likeness (QED) is 0.736. The molecule has 0 saturated heterocycles. The van der Waals surface area contributed by atoms with Gasteiger partial charge in [-0.1, -0.05) is 24.3 Å². The minimum atomic E-state index is -0.303. The first-order chi connectivity index (χ1) is 12.6. The summed E-state index contributed by atoms with van der Waals surface area (Å²) in [6, 6.07) is 15.4. The van der Waals surface area contributed by atoms with Gasteiger partial charge in [-0.25, -0.2) is 4.39 Å². The highest BCUT2D eigenvalue weighted by atomic mass is 19.1. The fraction of sp³-hybridized carbons (Fsp3) is 0.200. The van der Waals surface area contributed by atoms with E-state index in [1.165, 1.54) is 12.1 Å². The SMILES string of the molecule is CCn1nc(C(=O)NCc2ccc(F)cc2)cc1-c1ccccc1OC. The second-order valence-electron chi connectivity index (χ2n) is 5.74. The Bertz CT molecular complexity index is 904. The molecule has 0 bridgehead atoms. The van der Waals surface area contributed by atoms with Gasteiger partial charge in [0.1, 0.15) is 11.6 Å². The summed E-state index contributed by atoms with van der Waals surface area (Å²) >= 11 is 0. The summed E-state index contributed by atoms with van der Waals surface area (Å²) in [5.41, 5.74) is 2.84. The number of carbonyl (C=O) groups is 1. The van der Waals surface area contributed by atoms with E-state index >= 15 is 0 Å². The minimum Gasteiger partial charge on any atom is -0.496 e. The topological polar surface area (TPSA) is 56.2 Å². The molecule has 0 atom stereocenters. The van der Waals surface area contributed by atoms with Crippen LogP contribution in [0.4, 0.5) is 4.39 Å². The van der Waals surface area contributed by atoms with Crippen molar-refractivity contribution < 1.29 is 13.9 Å². The fourth-order valence-corrected chi connectivity index (χ4v) is 2.72. The summed E-state index contributed by atoms with van der Waals surface area (Å²) in [5.74, 6) is 0.140. The van der Waals surface area contributed by atoms with Gasteiger partial charge in [0, 0.05) is 18.7 Å². The van der Waals surface area contributed by atoms with Crippen LogP contribution in [-0.4, -0.2) is 22.8 Å². The number of benzene rings is 2. The lowest BCUT2D eigenvalue weighted by molar-refractivity contribution is 0.0945. The molecule has 26 heavy (non-hydrogen) atoms. The van der Waals surface area contributed by atoms with Gasteiger partial charge < -0.3 is 10.1 Å². The first kappa shape index (κ1) is 17.7. The molecule has 134 valence electrons. The normalized spacial score (nSPS) is 10.6. The maximum atomic E-state index is 12.9. The van der Waals surface area contributed by atoms with E-state index in [1.807, 2.05) is 31.2 Å². The molecule has 2 aromatic carbocycles. The van der Waals surface area contributed by atoms with Gasteiger partial charge in [0.2, 0.25) is 0 Å². The van der Waals surface area contributed by atoms with Gasteiger partial charge >= 0.3 is 0 Å². The average Bonchev–Trinajstić information content (AvgIpc) is 3.11. The summed E-state index contributed by atoms with van der Waals surface area (Å²) in [5, 5.41) is 7.21. The highest BCUT2D eigenvalue weighted by Crippen LogP contribution is 2.30. The van der Waals surface area contributed by atoms with Crippen molar-refractivity contribution in [3.63, 3.8) is 0 Å². The zero-order valence-corrected chi connectivity index (χ0v) is 14.7. The Balaban J connectivity index is 1.81. The number of methoxy groups -OCH3 is 1. The number of amides is 1. The van der Waals surface area contributed by atoms with E-state index in [4.69, 9.17) is 4.74 Å². The summed E-state index contributed by atoms with van der Waals surface area (Å²) < 4.78 is 20.1. The van der Waals surface area contributed by atoms with E-state index < -0.39 is 0 Å². The number of halogens is 1. The number of aromatic nitrogens is 2. The monoisotopic (exact) mass is 353 g/mol. The molecule has 1 heterocycles.